The molecule has 0 bridgehead atoms. The molecular weight excluding hydrogens is 404 g/mol. The smallest absolute Gasteiger partial charge is 0.256 e. The third-order valence-corrected chi connectivity index (χ3v) is 6.95. The molecule has 2 amide bonds. The third kappa shape index (κ3) is 5.06. The van der Waals surface area contributed by atoms with Crippen LogP contribution in [0.4, 0.5) is 8.78 Å². The summed E-state index contributed by atoms with van der Waals surface area (Å²) < 4.78 is 27.4. The quantitative estimate of drug-likeness (QED) is 0.762. The molecule has 2 atom stereocenters. The molecule has 170 valence electrons. The van der Waals surface area contributed by atoms with Gasteiger partial charge in [0.25, 0.3) is 5.91 Å². The molecule has 1 aromatic carbocycles. The Morgan fingerprint density at radius 1 is 1.03 bits per heavy atom. The number of carbonyl (C=O) groups excluding carboxylic acids is 2. The average Bonchev–Trinajstić information content (AvgIpc) is 3.17. The van der Waals surface area contributed by atoms with E-state index in [0.717, 1.165) is 43.9 Å². The van der Waals surface area contributed by atoms with E-state index < -0.39 is 23.6 Å². The van der Waals surface area contributed by atoms with E-state index in [9.17, 15) is 23.5 Å². The maximum absolute atomic E-state index is 14.0. The first kappa shape index (κ1) is 22.1. The van der Waals surface area contributed by atoms with Gasteiger partial charge in [0, 0.05) is 31.7 Å². The van der Waals surface area contributed by atoms with Gasteiger partial charge in [-0.1, -0.05) is 19.3 Å². The summed E-state index contributed by atoms with van der Waals surface area (Å²) in [6, 6.07) is 2.84. The molecule has 8 heteroatoms. The number of aliphatic hydroxyl groups excluding tert-OH is 1. The molecule has 1 aromatic rings. The van der Waals surface area contributed by atoms with E-state index in [1.54, 1.807) is 0 Å². The Morgan fingerprint density at radius 3 is 2.45 bits per heavy atom. The lowest BCUT2D eigenvalue weighted by Gasteiger charge is -2.39. The number of likely N-dealkylation sites (tertiary alicyclic amines) is 2. The Morgan fingerprint density at radius 2 is 1.74 bits per heavy atom. The number of hydrogen-bond donors (Lipinski definition) is 2. The number of carbonyl (C=O) groups is 2. The van der Waals surface area contributed by atoms with Crippen molar-refractivity contribution in [1.29, 1.82) is 0 Å². The van der Waals surface area contributed by atoms with Crippen LogP contribution in [0.15, 0.2) is 18.2 Å². The second-order valence-electron chi connectivity index (χ2n) is 9.09. The standard InChI is InChI=1S/C23H31F2N3O3/c24-15-6-7-20(25)19(12-15)23(31)27-10-8-17(9-11-27)28-14-18(29)13-21(28)22(30)26-16-4-2-1-3-5-16/h6-7,12,16-18,21,29H,1-5,8-11,13-14H2,(H,26,30)/t18-,21+/m1/s1. The monoisotopic (exact) mass is 435 g/mol. The fourth-order valence-electron chi connectivity index (χ4n) is 5.28. The highest BCUT2D eigenvalue weighted by molar-refractivity contribution is 5.94. The largest absolute Gasteiger partial charge is 0.392 e. The highest BCUT2D eigenvalue weighted by atomic mass is 19.1. The zero-order chi connectivity index (χ0) is 22.0. The van der Waals surface area contributed by atoms with Crippen molar-refractivity contribution in [3.05, 3.63) is 35.4 Å². The van der Waals surface area contributed by atoms with E-state index in [1.165, 1.54) is 11.3 Å². The molecule has 3 aliphatic rings. The van der Waals surface area contributed by atoms with Crippen LogP contribution < -0.4 is 5.32 Å². The van der Waals surface area contributed by atoms with Gasteiger partial charge in [-0.3, -0.25) is 14.5 Å². The van der Waals surface area contributed by atoms with E-state index >= 15 is 0 Å². The van der Waals surface area contributed by atoms with E-state index in [2.05, 4.69) is 10.2 Å². The van der Waals surface area contributed by atoms with Gasteiger partial charge in [0.15, 0.2) is 0 Å². The van der Waals surface area contributed by atoms with Gasteiger partial charge < -0.3 is 15.3 Å². The molecule has 31 heavy (non-hydrogen) atoms. The Hall–Kier alpha value is -2.06. The molecule has 2 saturated heterocycles. The van der Waals surface area contributed by atoms with E-state index in [4.69, 9.17) is 0 Å². The maximum atomic E-state index is 14.0. The summed E-state index contributed by atoms with van der Waals surface area (Å²) in [4.78, 5) is 29.2. The molecule has 1 aliphatic carbocycles. The number of aliphatic hydroxyl groups is 1. The van der Waals surface area contributed by atoms with Crippen molar-refractivity contribution in [2.24, 2.45) is 0 Å². The topological polar surface area (TPSA) is 72.9 Å². The molecule has 1 saturated carbocycles. The molecule has 0 spiro atoms. The SMILES string of the molecule is O=C(NC1CCCCC1)[C@@H]1C[C@@H](O)CN1C1CCN(C(=O)c2cc(F)ccc2F)CC1. The van der Waals surface area contributed by atoms with Gasteiger partial charge in [0.05, 0.1) is 17.7 Å². The van der Waals surface area contributed by atoms with Crippen LogP contribution in [0.3, 0.4) is 0 Å². The van der Waals surface area contributed by atoms with Gasteiger partial charge in [-0.05, 0) is 50.3 Å². The molecule has 2 aliphatic heterocycles. The minimum atomic E-state index is -0.726. The van der Waals surface area contributed by atoms with Crippen molar-refractivity contribution < 1.29 is 23.5 Å². The molecule has 6 nitrogen and oxygen atoms in total. The summed E-state index contributed by atoms with van der Waals surface area (Å²) in [7, 11) is 0. The van der Waals surface area contributed by atoms with Crippen molar-refractivity contribution in [1.82, 2.24) is 15.1 Å². The molecule has 0 aromatic heterocycles. The number of benzene rings is 1. The third-order valence-electron chi connectivity index (χ3n) is 6.95. The highest BCUT2D eigenvalue weighted by Gasteiger charge is 2.41. The number of rotatable bonds is 4. The molecule has 2 N–H and O–H groups in total. The number of nitrogens with zero attached hydrogens (tertiary/aromatic N) is 2. The van der Waals surface area contributed by atoms with Gasteiger partial charge in [0.2, 0.25) is 5.91 Å². The predicted octanol–water partition coefficient (Wildman–Crippen LogP) is 2.45. The zero-order valence-electron chi connectivity index (χ0n) is 17.7. The molecule has 0 unspecified atom stereocenters. The highest BCUT2D eigenvalue weighted by Crippen LogP contribution is 2.28. The van der Waals surface area contributed by atoms with Gasteiger partial charge in [-0.2, -0.15) is 0 Å². The first-order chi connectivity index (χ1) is 14.9. The summed E-state index contributed by atoms with van der Waals surface area (Å²) in [6.07, 6.45) is 6.66. The van der Waals surface area contributed by atoms with Crippen LogP contribution in [-0.4, -0.2) is 70.6 Å². The van der Waals surface area contributed by atoms with Crippen LogP contribution in [0.1, 0.15) is 61.7 Å². The Bertz CT molecular complexity index is 807. The summed E-state index contributed by atoms with van der Waals surface area (Å²) in [5, 5.41) is 13.4. The van der Waals surface area contributed by atoms with Crippen LogP contribution in [0.5, 0.6) is 0 Å². The summed E-state index contributed by atoms with van der Waals surface area (Å²) in [5.41, 5.74) is -0.250. The van der Waals surface area contributed by atoms with Crippen molar-refractivity contribution in [2.75, 3.05) is 19.6 Å². The lowest BCUT2D eigenvalue weighted by Crippen LogP contribution is -2.53. The maximum Gasteiger partial charge on any atom is 0.256 e. The number of piperidine rings is 1. The first-order valence-corrected chi connectivity index (χ1v) is 11.4. The van der Waals surface area contributed by atoms with Crippen molar-refractivity contribution >= 4 is 11.8 Å². The number of nitrogens with one attached hydrogen (secondary N) is 1. The lowest BCUT2D eigenvalue weighted by atomic mass is 9.95. The predicted molar refractivity (Wildman–Crippen MR) is 111 cm³/mol. The van der Waals surface area contributed by atoms with Crippen LogP contribution in [0, 0.1) is 11.6 Å². The zero-order valence-corrected chi connectivity index (χ0v) is 17.7. The van der Waals surface area contributed by atoms with E-state index in [-0.39, 0.29) is 29.6 Å². The first-order valence-electron chi connectivity index (χ1n) is 11.4. The van der Waals surface area contributed by atoms with Gasteiger partial charge in [0.1, 0.15) is 11.6 Å². The minimum Gasteiger partial charge on any atom is -0.392 e. The molecule has 3 fully saturated rings. The average molecular weight is 436 g/mol. The molecule has 2 heterocycles. The number of halogens is 2. The van der Waals surface area contributed by atoms with Gasteiger partial charge in [-0.15, -0.1) is 0 Å². The number of amides is 2. The lowest BCUT2D eigenvalue weighted by molar-refractivity contribution is -0.127. The summed E-state index contributed by atoms with van der Waals surface area (Å²) in [5.74, 6) is -1.89. The molecule has 0 radical (unpaired) electrons. The van der Waals surface area contributed by atoms with Crippen LogP contribution in [0.2, 0.25) is 0 Å². The Kier molecular flexibility index (Phi) is 6.86. The fourth-order valence-corrected chi connectivity index (χ4v) is 5.28. The molecule has 4 rings (SSSR count). The number of β-amino-alcohol motifs (C(OH)–C–C–N with tert-alkyl or cyclic N) is 1. The minimum absolute atomic E-state index is 0.0104. The van der Waals surface area contributed by atoms with Gasteiger partial charge in [-0.25, -0.2) is 8.78 Å². The second-order valence-corrected chi connectivity index (χ2v) is 9.09. The van der Waals surface area contributed by atoms with Gasteiger partial charge >= 0.3 is 0 Å². The van der Waals surface area contributed by atoms with Crippen molar-refractivity contribution in [2.45, 2.75) is 75.6 Å². The van der Waals surface area contributed by atoms with Crippen LogP contribution in [-0.2, 0) is 4.79 Å². The Labute approximate surface area is 181 Å². The van der Waals surface area contributed by atoms with E-state index in [1.807, 2.05) is 0 Å². The Balaban J connectivity index is 1.36. The van der Waals surface area contributed by atoms with Crippen molar-refractivity contribution in [3.63, 3.8) is 0 Å². The van der Waals surface area contributed by atoms with Crippen LogP contribution in [0.25, 0.3) is 0 Å². The van der Waals surface area contributed by atoms with Crippen molar-refractivity contribution in [3.8, 4) is 0 Å². The molecular formula is C23H31F2N3O3. The summed E-state index contributed by atoms with van der Waals surface area (Å²) >= 11 is 0. The van der Waals surface area contributed by atoms with Crippen LogP contribution >= 0.6 is 0 Å². The second kappa shape index (κ2) is 9.61. The summed E-state index contributed by atoms with van der Waals surface area (Å²) in [6.45, 7) is 1.26. The fraction of sp³-hybridized carbons (Fsp3) is 0.652. The normalized spacial score (nSPS) is 26.2. The van der Waals surface area contributed by atoms with E-state index in [0.29, 0.717) is 38.9 Å². The number of hydrogen-bond acceptors (Lipinski definition) is 4.